The summed E-state index contributed by atoms with van der Waals surface area (Å²) in [5, 5.41) is 0. The van der Waals surface area contributed by atoms with Crippen molar-refractivity contribution < 1.29 is 37.6 Å². The maximum absolute atomic E-state index is 6.28. The molecule has 0 amide bonds. The summed E-state index contributed by atoms with van der Waals surface area (Å²) in [4.78, 5) is 0. The molecule has 5 rings (SSSR count). The first-order chi connectivity index (χ1) is 13.8. The summed E-state index contributed by atoms with van der Waals surface area (Å²) >= 11 is 0. The van der Waals surface area contributed by atoms with E-state index >= 15 is 0 Å². The van der Waals surface area contributed by atoms with Gasteiger partial charge in [-0.1, -0.05) is 0 Å². The van der Waals surface area contributed by atoms with E-state index < -0.39 is 36.6 Å². The first-order valence-electron chi connectivity index (χ1n) is 10.3. The SMILES string of the molecule is CC1(C)OB(c2c3c(c(B4OC(C)(C)C(C)(C)O4)c4c2OCO4)OCO3)OC1(C)C. The zero-order valence-corrected chi connectivity index (χ0v) is 18.8. The number of fused-ring (bicyclic) bond motifs is 2. The van der Waals surface area contributed by atoms with Crippen molar-refractivity contribution in [2.24, 2.45) is 0 Å². The second kappa shape index (κ2) is 6.00. The summed E-state index contributed by atoms with van der Waals surface area (Å²) in [5.74, 6) is 2.06. The minimum atomic E-state index is -0.687. The lowest BCUT2D eigenvalue weighted by Gasteiger charge is -2.32. The fourth-order valence-electron chi connectivity index (χ4n) is 3.91. The molecule has 10 heteroatoms. The fraction of sp³-hybridized carbons (Fsp3) is 0.700. The van der Waals surface area contributed by atoms with E-state index in [-0.39, 0.29) is 13.6 Å². The minimum absolute atomic E-state index is 0.0667. The first-order valence-corrected chi connectivity index (χ1v) is 10.3. The summed E-state index contributed by atoms with van der Waals surface area (Å²) < 4.78 is 48.6. The molecule has 2 fully saturated rings. The standard InChI is InChI=1S/C20H28B2O8/c1-17(2)18(3,4)28-21(27-17)11-13-15(25-9-23-13)12(16-14(11)24-10-26-16)22-29-19(5,6)20(7,8)30-22/h9-10H2,1-8H3. The molecule has 4 aliphatic heterocycles. The molecule has 8 nitrogen and oxygen atoms in total. The second-order valence-corrected chi connectivity index (χ2v) is 10.1. The Kier molecular flexibility index (Phi) is 4.06. The Bertz CT molecular complexity index is 773. The van der Waals surface area contributed by atoms with Gasteiger partial charge in [0.1, 0.15) is 0 Å². The molecule has 0 bridgehead atoms. The van der Waals surface area contributed by atoms with Crippen molar-refractivity contribution in [3.05, 3.63) is 0 Å². The van der Waals surface area contributed by atoms with E-state index in [0.717, 1.165) is 0 Å². The zero-order chi connectivity index (χ0) is 21.7. The molecule has 30 heavy (non-hydrogen) atoms. The van der Waals surface area contributed by atoms with E-state index in [1.54, 1.807) is 0 Å². The molecule has 0 spiro atoms. The summed E-state index contributed by atoms with van der Waals surface area (Å²) in [5.41, 5.74) is -0.786. The highest BCUT2D eigenvalue weighted by Gasteiger charge is 2.58. The molecule has 0 atom stereocenters. The van der Waals surface area contributed by atoms with E-state index in [1.165, 1.54) is 0 Å². The van der Waals surface area contributed by atoms with Gasteiger partial charge in [-0.2, -0.15) is 0 Å². The molecule has 0 radical (unpaired) electrons. The molecule has 0 aliphatic carbocycles. The molecule has 2 saturated heterocycles. The Morgan fingerprint density at radius 3 is 0.933 bits per heavy atom. The van der Waals surface area contributed by atoms with Crippen LogP contribution in [0.25, 0.3) is 0 Å². The van der Waals surface area contributed by atoms with Crippen LogP contribution in [-0.4, -0.2) is 50.2 Å². The van der Waals surface area contributed by atoms with E-state index in [9.17, 15) is 0 Å². The predicted molar refractivity (Wildman–Crippen MR) is 110 cm³/mol. The van der Waals surface area contributed by atoms with Gasteiger partial charge in [-0.25, -0.2) is 0 Å². The van der Waals surface area contributed by atoms with Crippen LogP contribution >= 0.6 is 0 Å². The maximum atomic E-state index is 6.28. The Hall–Kier alpha value is -1.61. The van der Waals surface area contributed by atoms with Gasteiger partial charge in [0.05, 0.1) is 33.3 Å². The van der Waals surface area contributed by atoms with E-state index in [4.69, 9.17) is 37.6 Å². The lowest BCUT2D eigenvalue weighted by molar-refractivity contribution is 0.00578. The zero-order valence-electron chi connectivity index (χ0n) is 18.8. The van der Waals surface area contributed by atoms with Gasteiger partial charge in [-0.15, -0.1) is 0 Å². The number of rotatable bonds is 2. The molecule has 4 aliphatic rings. The number of ether oxygens (including phenoxy) is 4. The van der Waals surface area contributed by atoms with Crippen LogP contribution in [0.1, 0.15) is 55.4 Å². The monoisotopic (exact) mass is 418 g/mol. The van der Waals surface area contributed by atoms with E-state index in [0.29, 0.717) is 33.9 Å². The third kappa shape index (κ3) is 2.63. The fourth-order valence-corrected chi connectivity index (χ4v) is 3.91. The van der Waals surface area contributed by atoms with Crippen molar-refractivity contribution in [1.29, 1.82) is 0 Å². The van der Waals surface area contributed by atoms with Crippen molar-refractivity contribution in [1.82, 2.24) is 0 Å². The van der Waals surface area contributed by atoms with Crippen LogP contribution in [0.15, 0.2) is 0 Å². The quantitative estimate of drug-likeness (QED) is 0.673. The number of hydrogen-bond acceptors (Lipinski definition) is 8. The lowest BCUT2D eigenvalue weighted by Crippen LogP contribution is -2.41. The average Bonchev–Trinajstić information content (AvgIpc) is 3.32. The van der Waals surface area contributed by atoms with Crippen molar-refractivity contribution in [3.63, 3.8) is 0 Å². The van der Waals surface area contributed by atoms with Gasteiger partial charge in [0, 0.05) is 0 Å². The molecule has 4 heterocycles. The highest BCUT2D eigenvalue weighted by molar-refractivity contribution is 6.68. The van der Waals surface area contributed by atoms with Gasteiger partial charge in [-0.3, -0.25) is 0 Å². The Morgan fingerprint density at radius 2 is 0.700 bits per heavy atom. The topological polar surface area (TPSA) is 73.8 Å². The van der Waals surface area contributed by atoms with Gasteiger partial charge in [-0.05, 0) is 55.4 Å². The van der Waals surface area contributed by atoms with Crippen LogP contribution in [0.2, 0.25) is 0 Å². The smallest absolute Gasteiger partial charge is 0.454 e. The van der Waals surface area contributed by atoms with Crippen LogP contribution in [0.3, 0.4) is 0 Å². The van der Waals surface area contributed by atoms with Gasteiger partial charge in [0.15, 0.2) is 23.0 Å². The summed E-state index contributed by atoms with van der Waals surface area (Å²) in [7, 11) is -1.37. The number of hydrogen-bond donors (Lipinski definition) is 0. The molecule has 0 unspecified atom stereocenters. The molecule has 0 saturated carbocycles. The van der Waals surface area contributed by atoms with Gasteiger partial charge < -0.3 is 37.6 Å². The van der Waals surface area contributed by atoms with Crippen LogP contribution < -0.4 is 29.9 Å². The number of benzene rings is 1. The van der Waals surface area contributed by atoms with Crippen LogP contribution in [0, 0.1) is 0 Å². The largest absolute Gasteiger partial charge is 0.502 e. The van der Waals surface area contributed by atoms with Crippen LogP contribution in [0.4, 0.5) is 0 Å². The summed E-state index contributed by atoms with van der Waals surface area (Å²) in [6, 6.07) is 0. The maximum Gasteiger partial charge on any atom is 0.502 e. The van der Waals surface area contributed by atoms with Crippen molar-refractivity contribution >= 4 is 25.2 Å². The highest BCUT2D eigenvalue weighted by atomic mass is 16.7. The normalized spacial score (nSPS) is 26.5. The van der Waals surface area contributed by atoms with Gasteiger partial charge >= 0.3 is 14.2 Å². The predicted octanol–water partition coefficient (Wildman–Crippen LogP) is 1.74. The van der Waals surface area contributed by atoms with Gasteiger partial charge in [0.2, 0.25) is 13.6 Å². The Labute approximate surface area is 177 Å². The molecule has 1 aromatic carbocycles. The molecular formula is C20H28B2O8. The van der Waals surface area contributed by atoms with Crippen molar-refractivity contribution in [2.45, 2.75) is 77.8 Å². The molecule has 162 valence electrons. The van der Waals surface area contributed by atoms with Crippen LogP contribution in [-0.2, 0) is 18.6 Å². The Balaban J connectivity index is 1.64. The summed E-state index contributed by atoms with van der Waals surface area (Å²) in [6.07, 6.45) is 0. The average molecular weight is 418 g/mol. The van der Waals surface area contributed by atoms with Crippen molar-refractivity contribution in [3.8, 4) is 23.0 Å². The minimum Gasteiger partial charge on any atom is -0.454 e. The lowest BCUT2D eigenvalue weighted by atomic mass is 9.71. The molecule has 1 aromatic rings. The molecule has 0 aromatic heterocycles. The van der Waals surface area contributed by atoms with E-state index in [1.807, 2.05) is 55.4 Å². The highest BCUT2D eigenvalue weighted by Crippen LogP contribution is 2.47. The third-order valence-corrected chi connectivity index (χ3v) is 7.18. The van der Waals surface area contributed by atoms with Gasteiger partial charge in [0.25, 0.3) is 0 Å². The van der Waals surface area contributed by atoms with Crippen molar-refractivity contribution in [2.75, 3.05) is 13.6 Å². The second-order valence-electron chi connectivity index (χ2n) is 10.1. The first kappa shape index (κ1) is 20.3. The molecular weight excluding hydrogens is 390 g/mol. The van der Waals surface area contributed by atoms with E-state index in [2.05, 4.69) is 0 Å². The Morgan fingerprint density at radius 1 is 0.467 bits per heavy atom. The molecule has 0 N–H and O–H groups in total. The summed E-state index contributed by atoms with van der Waals surface area (Å²) in [6.45, 7) is 16.1. The van der Waals surface area contributed by atoms with Crippen LogP contribution in [0.5, 0.6) is 23.0 Å². The third-order valence-electron chi connectivity index (χ3n) is 7.18.